The molecular weight excluding hydrogens is 268 g/mol. The van der Waals surface area contributed by atoms with Crippen molar-refractivity contribution in [3.63, 3.8) is 0 Å². The molecule has 6 heteroatoms. The van der Waals surface area contributed by atoms with E-state index in [-0.39, 0.29) is 11.9 Å². The third-order valence-electron chi connectivity index (χ3n) is 3.47. The third-order valence-corrected chi connectivity index (χ3v) is 3.47. The number of hydrogen-bond acceptors (Lipinski definition) is 4. The van der Waals surface area contributed by atoms with Gasteiger partial charge in [-0.2, -0.15) is 5.10 Å². The smallest absolute Gasteiger partial charge is 0.272 e. The standard InChI is InChI=1S/C15H18N4O2/c16-11-3-5-13(6-4-11)19-8-7-14(18-19)15(20)17-12-2-1-9-21-10-12/h3-8,12H,1-2,9-10,16H2,(H,17,20). The summed E-state index contributed by atoms with van der Waals surface area (Å²) in [5.41, 5.74) is 7.62. The number of hydrogen-bond donors (Lipinski definition) is 2. The molecule has 1 aliphatic heterocycles. The molecule has 1 saturated heterocycles. The van der Waals surface area contributed by atoms with Gasteiger partial charge in [-0.25, -0.2) is 4.68 Å². The van der Waals surface area contributed by atoms with Gasteiger partial charge in [0.25, 0.3) is 5.91 Å². The number of amides is 1. The van der Waals surface area contributed by atoms with Crippen LogP contribution in [0.4, 0.5) is 5.69 Å². The van der Waals surface area contributed by atoms with Gasteiger partial charge in [-0.15, -0.1) is 0 Å². The molecule has 21 heavy (non-hydrogen) atoms. The highest BCUT2D eigenvalue weighted by Crippen LogP contribution is 2.11. The van der Waals surface area contributed by atoms with E-state index in [1.165, 1.54) is 0 Å². The maximum absolute atomic E-state index is 12.1. The van der Waals surface area contributed by atoms with Crippen molar-refractivity contribution in [3.8, 4) is 5.69 Å². The lowest BCUT2D eigenvalue weighted by Gasteiger charge is -2.22. The van der Waals surface area contributed by atoms with Gasteiger partial charge >= 0.3 is 0 Å². The Kier molecular flexibility index (Phi) is 3.87. The zero-order valence-electron chi connectivity index (χ0n) is 11.7. The van der Waals surface area contributed by atoms with Crippen LogP contribution in [0.15, 0.2) is 36.5 Å². The van der Waals surface area contributed by atoms with Crippen molar-refractivity contribution >= 4 is 11.6 Å². The predicted octanol–water partition coefficient (Wildman–Crippen LogP) is 1.36. The minimum atomic E-state index is -0.167. The average Bonchev–Trinajstić information content (AvgIpc) is 2.99. The second-order valence-electron chi connectivity index (χ2n) is 5.12. The van der Waals surface area contributed by atoms with Crippen molar-refractivity contribution in [1.29, 1.82) is 0 Å². The van der Waals surface area contributed by atoms with Crippen LogP contribution < -0.4 is 11.1 Å². The molecule has 0 bridgehead atoms. The van der Waals surface area contributed by atoms with Crippen LogP contribution in [0.1, 0.15) is 23.3 Å². The molecule has 110 valence electrons. The van der Waals surface area contributed by atoms with Gasteiger partial charge < -0.3 is 15.8 Å². The van der Waals surface area contributed by atoms with E-state index in [0.29, 0.717) is 18.0 Å². The fraction of sp³-hybridized carbons (Fsp3) is 0.333. The Morgan fingerprint density at radius 3 is 2.86 bits per heavy atom. The lowest BCUT2D eigenvalue weighted by atomic mass is 10.1. The quantitative estimate of drug-likeness (QED) is 0.835. The molecule has 0 saturated carbocycles. The second kappa shape index (κ2) is 5.97. The minimum absolute atomic E-state index is 0.0768. The normalized spacial score (nSPS) is 18.4. The molecule has 1 unspecified atom stereocenters. The highest BCUT2D eigenvalue weighted by molar-refractivity contribution is 5.92. The first kappa shape index (κ1) is 13.6. The Labute approximate surface area is 122 Å². The van der Waals surface area contributed by atoms with E-state index in [1.807, 2.05) is 12.1 Å². The molecule has 1 atom stereocenters. The van der Waals surface area contributed by atoms with Crippen molar-refractivity contribution in [2.45, 2.75) is 18.9 Å². The number of rotatable bonds is 3. The molecular formula is C15H18N4O2. The molecule has 1 aliphatic rings. The number of anilines is 1. The molecule has 6 nitrogen and oxygen atoms in total. The van der Waals surface area contributed by atoms with Gasteiger partial charge in [0, 0.05) is 18.5 Å². The SMILES string of the molecule is Nc1ccc(-n2ccc(C(=O)NC3CCCOC3)n2)cc1. The van der Waals surface area contributed by atoms with Crippen molar-refractivity contribution < 1.29 is 9.53 Å². The first-order valence-corrected chi connectivity index (χ1v) is 7.02. The maximum atomic E-state index is 12.1. The van der Waals surface area contributed by atoms with Gasteiger partial charge in [0.2, 0.25) is 0 Å². The number of nitrogen functional groups attached to an aromatic ring is 1. The Bertz CT molecular complexity index is 615. The van der Waals surface area contributed by atoms with Gasteiger partial charge in [0.15, 0.2) is 5.69 Å². The zero-order chi connectivity index (χ0) is 14.7. The molecule has 0 spiro atoms. The molecule has 1 aromatic heterocycles. The Hall–Kier alpha value is -2.34. The molecule has 3 N–H and O–H groups in total. The third kappa shape index (κ3) is 3.22. The van der Waals surface area contributed by atoms with E-state index in [2.05, 4.69) is 10.4 Å². The van der Waals surface area contributed by atoms with E-state index in [4.69, 9.17) is 10.5 Å². The highest BCUT2D eigenvalue weighted by atomic mass is 16.5. The molecule has 2 aromatic rings. The summed E-state index contributed by atoms with van der Waals surface area (Å²) < 4.78 is 7.01. The molecule has 0 aliphatic carbocycles. The van der Waals surface area contributed by atoms with Crippen LogP contribution in [-0.4, -0.2) is 34.9 Å². The number of nitrogens with zero attached hydrogens (tertiary/aromatic N) is 2. The minimum Gasteiger partial charge on any atom is -0.399 e. The summed E-state index contributed by atoms with van der Waals surface area (Å²) in [5, 5.41) is 7.25. The summed E-state index contributed by atoms with van der Waals surface area (Å²) in [6.07, 6.45) is 3.69. The van der Waals surface area contributed by atoms with Gasteiger partial charge in [0.1, 0.15) is 0 Å². The average molecular weight is 286 g/mol. The van der Waals surface area contributed by atoms with Crippen molar-refractivity contribution in [1.82, 2.24) is 15.1 Å². The Morgan fingerprint density at radius 1 is 1.33 bits per heavy atom. The lowest BCUT2D eigenvalue weighted by molar-refractivity contribution is 0.0622. The van der Waals surface area contributed by atoms with E-state index in [9.17, 15) is 4.79 Å². The highest BCUT2D eigenvalue weighted by Gasteiger charge is 2.18. The number of aromatic nitrogens is 2. The van der Waals surface area contributed by atoms with Gasteiger partial charge in [0.05, 0.1) is 18.3 Å². The zero-order valence-corrected chi connectivity index (χ0v) is 11.7. The van der Waals surface area contributed by atoms with Crippen LogP contribution in [-0.2, 0) is 4.74 Å². The fourth-order valence-electron chi connectivity index (χ4n) is 2.33. The number of nitrogens with one attached hydrogen (secondary N) is 1. The summed E-state index contributed by atoms with van der Waals surface area (Å²) in [5.74, 6) is -0.167. The first-order chi connectivity index (χ1) is 10.2. The van der Waals surface area contributed by atoms with Crippen LogP contribution in [0.3, 0.4) is 0 Å². The topological polar surface area (TPSA) is 82.2 Å². The maximum Gasteiger partial charge on any atom is 0.272 e. The van der Waals surface area contributed by atoms with Crippen LogP contribution in [0.2, 0.25) is 0 Å². The van der Waals surface area contributed by atoms with Gasteiger partial charge in [-0.1, -0.05) is 0 Å². The number of benzene rings is 1. The Balaban J connectivity index is 1.69. The van der Waals surface area contributed by atoms with Gasteiger partial charge in [-0.05, 0) is 43.2 Å². The van der Waals surface area contributed by atoms with Gasteiger partial charge in [-0.3, -0.25) is 4.79 Å². The molecule has 1 amide bonds. The van der Waals surface area contributed by atoms with Crippen molar-refractivity contribution in [3.05, 3.63) is 42.2 Å². The van der Waals surface area contributed by atoms with Crippen LogP contribution in [0.25, 0.3) is 5.69 Å². The van der Waals surface area contributed by atoms with Crippen LogP contribution in [0, 0.1) is 0 Å². The van der Waals surface area contributed by atoms with Crippen molar-refractivity contribution in [2.75, 3.05) is 18.9 Å². The van der Waals surface area contributed by atoms with Crippen LogP contribution in [0.5, 0.6) is 0 Å². The summed E-state index contributed by atoms with van der Waals surface area (Å²) in [7, 11) is 0. The Morgan fingerprint density at radius 2 is 2.14 bits per heavy atom. The molecule has 1 fully saturated rings. The molecule has 3 rings (SSSR count). The van der Waals surface area contributed by atoms with E-state index in [1.54, 1.807) is 29.1 Å². The van der Waals surface area contributed by atoms with Crippen molar-refractivity contribution in [2.24, 2.45) is 0 Å². The van der Waals surface area contributed by atoms with Crippen LogP contribution >= 0.6 is 0 Å². The first-order valence-electron chi connectivity index (χ1n) is 7.02. The summed E-state index contributed by atoms with van der Waals surface area (Å²) >= 11 is 0. The number of carbonyl (C=O) groups is 1. The number of carbonyl (C=O) groups excluding carboxylic acids is 1. The molecule has 0 radical (unpaired) electrons. The van der Waals surface area contributed by atoms with E-state index < -0.39 is 0 Å². The second-order valence-corrected chi connectivity index (χ2v) is 5.12. The monoisotopic (exact) mass is 286 g/mol. The van der Waals surface area contributed by atoms with E-state index in [0.717, 1.165) is 25.1 Å². The molecule has 1 aromatic carbocycles. The van der Waals surface area contributed by atoms with E-state index >= 15 is 0 Å². The summed E-state index contributed by atoms with van der Waals surface area (Å²) in [6.45, 7) is 1.35. The fourth-order valence-corrected chi connectivity index (χ4v) is 2.33. The summed E-state index contributed by atoms with van der Waals surface area (Å²) in [6, 6.07) is 9.10. The number of nitrogens with two attached hydrogens (primary N) is 1. The number of ether oxygens (including phenoxy) is 1. The largest absolute Gasteiger partial charge is 0.399 e. The predicted molar refractivity (Wildman–Crippen MR) is 79.3 cm³/mol. The summed E-state index contributed by atoms with van der Waals surface area (Å²) in [4.78, 5) is 12.1. The molecule has 2 heterocycles. The lowest BCUT2D eigenvalue weighted by Crippen LogP contribution is -2.40.